The molecule has 1 fully saturated rings. The topological polar surface area (TPSA) is 181 Å². The summed E-state index contributed by atoms with van der Waals surface area (Å²) in [6, 6.07) is 0. The van der Waals surface area contributed by atoms with Crippen molar-refractivity contribution in [1.29, 1.82) is 0 Å². The monoisotopic (exact) mass is 348 g/mol. The summed E-state index contributed by atoms with van der Waals surface area (Å²) in [5.74, 6) is -0.0329. The van der Waals surface area contributed by atoms with Crippen LogP contribution in [0.5, 0.6) is 0 Å². The van der Waals surface area contributed by atoms with Gasteiger partial charge in [-0.3, -0.25) is 9.79 Å². The highest BCUT2D eigenvalue weighted by Gasteiger charge is 2.58. The number of hydrogen-bond donors (Lipinski definition) is 5. The number of phosphoric acid groups is 1. The molecule has 1 unspecified atom stereocenters. The summed E-state index contributed by atoms with van der Waals surface area (Å²) in [6.45, 7) is -0.469. The molecule has 4 atom stereocenters. The molecule has 3 rings (SSSR count). The molecule has 0 amide bonds. The number of nitrogens with zero attached hydrogens (tertiary/aromatic N) is 4. The standard InChI is InChI=1S/C10H14N5O7P/c11-9-8-10(13-3-12-9)15(4-14-8,22-23(18,19)20)7-1-5(17)6(2-16)21-7/h3-7,16-17H,1-2H2,(H3-,11,12,13,18,19,20)/p+1/t5-,6+,7+,15?/m0/s1. The lowest BCUT2D eigenvalue weighted by atomic mass is 10.2. The minimum absolute atomic E-state index is 0.00202. The van der Waals surface area contributed by atoms with Crippen LogP contribution in [0.1, 0.15) is 6.42 Å². The lowest BCUT2D eigenvalue weighted by Gasteiger charge is -2.30. The van der Waals surface area contributed by atoms with Gasteiger partial charge in [-0.15, -0.1) is 0 Å². The number of nitrogen functional groups attached to an aromatic ring is 1. The molecule has 1 aromatic rings. The zero-order valence-electron chi connectivity index (χ0n) is 11.6. The number of ether oxygens (including phenoxy) is 1. The molecule has 0 saturated carbocycles. The number of nitrogens with two attached hydrogens (primary N) is 1. The lowest BCUT2D eigenvalue weighted by molar-refractivity contribution is -0.144. The van der Waals surface area contributed by atoms with Crippen LogP contribution < -0.4 is 10.4 Å². The van der Waals surface area contributed by atoms with E-state index < -0.39 is 37.5 Å². The molecular formula is C10H15N5O7P+. The molecule has 2 aliphatic rings. The van der Waals surface area contributed by atoms with E-state index in [1.165, 1.54) is 0 Å². The molecule has 13 heteroatoms. The quantitative estimate of drug-likeness (QED) is 0.318. The fourth-order valence-electron chi connectivity index (χ4n) is 2.58. The van der Waals surface area contributed by atoms with Gasteiger partial charge in [-0.1, -0.05) is 4.62 Å². The first kappa shape index (κ1) is 16.4. The van der Waals surface area contributed by atoms with Crippen LogP contribution in [0.15, 0.2) is 11.3 Å². The zero-order chi connectivity index (χ0) is 16.8. The highest BCUT2D eigenvalue weighted by Crippen LogP contribution is 2.50. The Hall–Kier alpha value is -1.50. The first-order chi connectivity index (χ1) is 10.8. The number of quaternary nitrogens is 1. The van der Waals surface area contributed by atoms with E-state index in [4.69, 9.17) is 15.1 Å². The average Bonchev–Trinajstić information content (AvgIpc) is 3.01. The highest BCUT2D eigenvalue weighted by molar-refractivity contribution is 7.46. The molecule has 23 heavy (non-hydrogen) atoms. The normalized spacial score (nSPS) is 33.1. The Labute approximate surface area is 129 Å². The second-order valence-electron chi connectivity index (χ2n) is 5.07. The van der Waals surface area contributed by atoms with Crippen molar-refractivity contribution >= 4 is 31.5 Å². The molecule has 2 aliphatic heterocycles. The second kappa shape index (κ2) is 5.54. The van der Waals surface area contributed by atoms with E-state index in [1.54, 1.807) is 0 Å². The minimum atomic E-state index is -5.00. The number of aliphatic hydroxyl groups excluding tert-OH is 2. The van der Waals surface area contributed by atoms with Gasteiger partial charge in [-0.05, 0) is 4.65 Å². The molecule has 0 aromatic carbocycles. The number of hydrogen-bond acceptors (Lipinski definition) is 9. The van der Waals surface area contributed by atoms with Gasteiger partial charge in [0.25, 0.3) is 0 Å². The summed E-state index contributed by atoms with van der Waals surface area (Å²) in [5, 5.41) is 19.1. The van der Waals surface area contributed by atoms with Gasteiger partial charge in [0.2, 0.25) is 12.6 Å². The minimum Gasteiger partial charge on any atom is -0.394 e. The third-order valence-electron chi connectivity index (χ3n) is 3.57. The summed E-state index contributed by atoms with van der Waals surface area (Å²) in [6.07, 6.45) is -0.974. The summed E-state index contributed by atoms with van der Waals surface area (Å²) in [7, 11) is -5.00. The van der Waals surface area contributed by atoms with Crippen molar-refractivity contribution in [3.05, 3.63) is 6.33 Å². The van der Waals surface area contributed by atoms with E-state index in [0.717, 1.165) is 12.7 Å². The Morgan fingerprint density at radius 2 is 2.22 bits per heavy atom. The van der Waals surface area contributed by atoms with Crippen molar-refractivity contribution in [3.8, 4) is 0 Å². The predicted molar refractivity (Wildman–Crippen MR) is 75.9 cm³/mol. The number of aliphatic imine (C=N–C) groups is 1. The van der Waals surface area contributed by atoms with Crippen molar-refractivity contribution in [2.24, 2.45) is 4.99 Å². The van der Waals surface area contributed by atoms with Crippen LogP contribution >= 0.6 is 7.82 Å². The number of hydroxylamine groups is 2. The van der Waals surface area contributed by atoms with Crippen LogP contribution in [0.3, 0.4) is 0 Å². The Bertz CT molecular complexity index is 696. The summed E-state index contributed by atoms with van der Waals surface area (Å²) >= 11 is 0. The Balaban J connectivity index is 2.08. The second-order valence-corrected chi connectivity index (χ2v) is 6.22. The van der Waals surface area contributed by atoms with Crippen molar-refractivity contribution in [2.75, 3.05) is 12.3 Å². The van der Waals surface area contributed by atoms with E-state index >= 15 is 0 Å². The van der Waals surface area contributed by atoms with Gasteiger partial charge in [-0.2, -0.15) is 9.98 Å². The first-order valence-electron chi connectivity index (χ1n) is 6.53. The molecule has 126 valence electrons. The number of rotatable bonds is 4. The van der Waals surface area contributed by atoms with Gasteiger partial charge in [-0.25, -0.2) is 9.55 Å². The SMILES string of the molecule is Nc1ncnc2c1N=C[N+]2(OP(=O)(O)O)[C@H]1C[C@H](O)[C@@H](CO)O1. The summed E-state index contributed by atoms with van der Waals surface area (Å²) in [5.41, 5.74) is 5.77. The van der Waals surface area contributed by atoms with Crippen LogP contribution in [-0.4, -0.2) is 61.3 Å². The summed E-state index contributed by atoms with van der Waals surface area (Å²) in [4.78, 5) is 30.2. The molecule has 12 nitrogen and oxygen atoms in total. The maximum Gasteiger partial charge on any atom is 0.516 e. The van der Waals surface area contributed by atoms with E-state index in [0.29, 0.717) is 0 Å². The van der Waals surface area contributed by atoms with E-state index in [2.05, 4.69) is 15.0 Å². The molecule has 0 radical (unpaired) electrons. The van der Waals surface area contributed by atoms with Gasteiger partial charge in [0.1, 0.15) is 12.4 Å². The fraction of sp³-hybridized carbons (Fsp3) is 0.500. The smallest absolute Gasteiger partial charge is 0.394 e. The van der Waals surface area contributed by atoms with Crippen molar-refractivity contribution in [2.45, 2.75) is 24.9 Å². The highest BCUT2D eigenvalue weighted by atomic mass is 31.2. The molecule has 0 aliphatic carbocycles. The van der Waals surface area contributed by atoms with Crippen LogP contribution in [0.25, 0.3) is 0 Å². The predicted octanol–water partition coefficient (Wildman–Crippen LogP) is -1.47. The molecule has 1 aromatic heterocycles. The zero-order valence-corrected chi connectivity index (χ0v) is 12.5. The van der Waals surface area contributed by atoms with Crippen LogP contribution in [0.2, 0.25) is 0 Å². The lowest BCUT2D eigenvalue weighted by Crippen LogP contribution is -2.54. The third kappa shape index (κ3) is 2.75. The molecule has 0 bridgehead atoms. The first-order valence-corrected chi connectivity index (χ1v) is 8.06. The van der Waals surface area contributed by atoms with Crippen LogP contribution in [0.4, 0.5) is 17.3 Å². The van der Waals surface area contributed by atoms with Gasteiger partial charge < -0.3 is 20.7 Å². The van der Waals surface area contributed by atoms with E-state index in [1.807, 2.05) is 0 Å². The molecule has 6 N–H and O–H groups in total. The van der Waals surface area contributed by atoms with E-state index in [-0.39, 0.29) is 23.7 Å². The molecule has 0 spiro atoms. The van der Waals surface area contributed by atoms with Gasteiger partial charge in [0.15, 0.2) is 11.5 Å². The van der Waals surface area contributed by atoms with E-state index in [9.17, 15) is 24.6 Å². The van der Waals surface area contributed by atoms with Gasteiger partial charge in [0, 0.05) is 0 Å². The molecule has 3 heterocycles. The molecule has 1 saturated heterocycles. The number of anilines is 1. The largest absolute Gasteiger partial charge is 0.516 e. The maximum atomic E-state index is 11.4. The Morgan fingerprint density at radius 1 is 1.48 bits per heavy atom. The van der Waals surface area contributed by atoms with Crippen LogP contribution in [-0.2, 0) is 13.9 Å². The molecular weight excluding hydrogens is 333 g/mol. The van der Waals surface area contributed by atoms with Crippen molar-refractivity contribution < 1.29 is 33.9 Å². The Kier molecular flexibility index (Phi) is 3.94. The van der Waals surface area contributed by atoms with Crippen molar-refractivity contribution in [3.63, 3.8) is 0 Å². The fourth-order valence-corrected chi connectivity index (χ4v) is 3.15. The van der Waals surface area contributed by atoms with Gasteiger partial charge >= 0.3 is 13.6 Å². The number of fused-ring (bicyclic) bond motifs is 1. The third-order valence-corrected chi connectivity index (χ3v) is 4.06. The average molecular weight is 348 g/mol. The number of aromatic nitrogens is 2. The Morgan fingerprint density at radius 3 is 2.83 bits per heavy atom. The van der Waals surface area contributed by atoms with Crippen molar-refractivity contribution in [1.82, 2.24) is 14.6 Å². The van der Waals surface area contributed by atoms with Gasteiger partial charge in [0.05, 0.1) is 19.1 Å². The van der Waals surface area contributed by atoms with Crippen LogP contribution in [0, 0.1) is 0 Å². The summed E-state index contributed by atoms with van der Waals surface area (Å²) < 4.78 is 20.8. The maximum absolute atomic E-state index is 11.4. The number of aliphatic hydroxyl groups is 2.